The third kappa shape index (κ3) is 7.21. The minimum Gasteiger partial charge on any atom is -0.368 e. The largest absolute Gasteiger partial charge is 0.368 e. The number of nitrogens with two attached hydrogens (primary N) is 1. The molecule has 0 aliphatic heterocycles. The van der Waals surface area contributed by atoms with Gasteiger partial charge in [-0.05, 0) is 20.0 Å². The normalized spacial score (nSPS) is 13.5. The van der Waals surface area contributed by atoms with Crippen molar-refractivity contribution in [3.63, 3.8) is 0 Å². The van der Waals surface area contributed by atoms with E-state index in [-0.39, 0.29) is 6.54 Å². The van der Waals surface area contributed by atoms with Crippen LogP contribution >= 0.6 is 0 Å². The molecule has 0 rings (SSSR count). The molecule has 0 aliphatic carbocycles. The molecule has 6 heteroatoms. The maximum Gasteiger partial charge on any atom is 0.251 e. The van der Waals surface area contributed by atoms with Gasteiger partial charge >= 0.3 is 0 Å². The van der Waals surface area contributed by atoms with E-state index < -0.39 is 18.4 Å². The first-order chi connectivity index (χ1) is 6.97. The summed E-state index contributed by atoms with van der Waals surface area (Å²) < 4.78 is 23.9. The zero-order valence-electron chi connectivity index (χ0n) is 9.17. The van der Waals surface area contributed by atoms with Crippen molar-refractivity contribution in [3.8, 4) is 0 Å². The van der Waals surface area contributed by atoms with E-state index >= 15 is 0 Å². The summed E-state index contributed by atoms with van der Waals surface area (Å²) in [6.45, 7) is 2.63. The zero-order chi connectivity index (χ0) is 11.8. The SMILES string of the molecule is CCNC(CCN(C)CC(F)F)C(N)=O. The number of nitrogens with one attached hydrogen (secondary N) is 1. The second kappa shape index (κ2) is 7.53. The molecule has 1 unspecified atom stereocenters. The maximum atomic E-state index is 12.0. The second-order valence-corrected chi connectivity index (χ2v) is 3.45. The number of amides is 1. The Morgan fingerprint density at radius 3 is 2.53 bits per heavy atom. The van der Waals surface area contributed by atoms with Gasteiger partial charge in [0.05, 0.1) is 12.6 Å². The Morgan fingerprint density at radius 1 is 1.53 bits per heavy atom. The highest BCUT2D eigenvalue weighted by Crippen LogP contribution is 1.99. The molecule has 3 N–H and O–H groups in total. The summed E-state index contributed by atoms with van der Waals surface area (Å²) in [7, 11) is 1.59. The van der Waals surface area contributed by atoms with Gasteiger partial charge in [-0.3, -0.25) is 4.79 Å². The predicted octanol–water partition coefficient (Wildman–Crippen LogP) is 0.0368. The monoisotopic (exact) mass is 223 g/mol. The summed E-state index contributed by atoms with van der Waals surface area (Å²) in [6.07, 6.45) is -1.90. The average molecular weight is 223 g/mol. The summed E-state index contributed by atoms with van der Waals surface area (Å²) >= 11 is 0. The van der Waals surface area contributed by atoms with Crippen LogP contribution in [0.3, 0.4) is 0 Å². The first kappa shape index (κ1) is 14.2. The number of likely N-dealkylation sites (N-methyl/N-ethyl adjacent to an activating group) is 1. The number of rotatable bonds is 8. The topological polar surface area (TPSA) is 58.4 Å². The number of halogens is 2. The van der Waals surface area contributed by atoms with E-state index in [0.717, 1.165) is 0 Å². The van der Waals surface area contributed by atoms with Gasteiger partial charge in [-0.15, -0.1) is 0 Å². The first-order valence-electron chi connectivity index (χ1n) is 4.96. The lowest BCUT2D eigenvalue weighted by atomic mass is 10.2. The molecule has 0 aromatic heterocycles. The summed E-state index contributed by atoms with van der Waals surface area (Å²) in [6, 6.07) is -0.435. The summed E-state index contributed by atoms with van der Waals surface area (Å²) in [5.74, 6) is -0.442. The lowest BCUT2D eigenvalue weighted by Crippen LogP contribution is -2.43. The van der Waals surface area contributed by atoms with E-state index in [9.17, 15) is 13.6 Å². The summed E-state index contributed by atoms with van der Waals surface area (Å²) in [5, 5.41) is 2.90. The highest BCUT2D eigenvalue weighted by molar-refractivity contribution is 5.79. The van der Waals surface area contributed by atoms with Crippen LogP contribution in [0.2, 0.25) is 0 Å². The predicted molar refractivity (Wildman–Crippen MR) is 54.8 cm³/mol. The minimum atomic E-state index is -2.35. The number of hydrogen-bond acceptors (Lipinski definition) is 3. The zero-order valence-corrected chi connectivity index (χ0v) is 9.17. The third-order valence-electron chi connectivity index (χ3n) is 2.04. The van der Waals surface area contributed by atoms with Crippen LogP contribution in [0.1, 0.15) is 13.3 Å². The minimum absolute atomic E-state index is 0.280. The Hall–Kier alpha value is -0.750. The van der Waals surface area contributed by atoms with Crippen LogP contribution in [0.25, 0.3) is 0 Å². The van der Waals surface area contributed by atoms with Crippen molar-refractivity contribution in [2.45, 2.75) is 25.8 Å². The molecule has 0 saturated heterocycles. The highest BCUT2D eigenvalue weighted by atomic mass is 19.3. The van der Waals surface area contributed by atoms with Crippen molar-refractivity contribution in [1.82, 2.24) is 10.2 Å². The number of alkyl halides is 2. The lowest BCUT2D eigenvalue weighted by Gasteiger charge is -2.19. The van der Waals surface area contributed by atoms with Crippen molar-refractivity contribution in [2.24, 2.45) is 5.73 Å². The van der Waals surface area contributed by atoms with Crippen LogP contribution in [0, 0.1) is 0 Å². The molecule has 0 saturated carbocycles. The molecule has 4 nitrogen and oxygen atoms in total. The van der Waals surface area contributed by atoms with E-state index in [1.165, 1.54) is 4.90 Å². The van der Waals surface area contributed by atoms with Crippen LogP contribution in [0.5, 0.6) is 0 Å². The average Bonchev–Trinajstić information content (AvgIpc) is 2.10. The maximum absolute atomic E-state index is 12.0. The molecular weight excluding hydrogens is 204 g/mol. The van der Waals surface area contributed by atoms with Gasteiger partial charge < -0.3 is 16.0 Å². The van der Waals surface area contributed by atoms with Crippen LogP contribution in [-0.4, -0.2) is 50.0 Å². The Labute approximate surface area is 88.8 Å². The fourth-order valence-electron chi connectivity index (χ4n) is 1.27. The van der Waals surface area contributed by atoms with Gasteiger partial charge in [0.25, 0.3) is 6.43 Å². The molecule has 0 radical (unpaired) electrons. The van der Waals surface area contributed by atoms with Gasteiger partial charge in [-0.2, -0.15) is 0 Å². The van der Waals surface area contributed by atoms with Gasteiger partial charge in [0.15, 0.2) is 0 Å². The molecule has 0 spiro atoms. The van der Waals surface area contributed by atoms with Crippen molar-refractivity contribution in [1.29, 1.82) is 0 Å². The molecule has 0 heterocycles. The quantitative estimate of drug-likeness (QED) is 0.610. The van der Waals surface area contributed by atoms with E-state index in [0.29, 0.717) is 19.5 Å². The summed E-state index contributed by atoms with van der Waals surface area (Å²) in [5.41, 5.74) is 5.14. The molecule has 0 aromatic carbocycles. The Bertz CT molecular complexity index is 190. The number of carbonyl (C=O) groups is 1. The number of primary amides is 1. The standard InChI is InChI=1S/C9H19F2N3O/c1-3-13-7(9(12)15)4-5-14(2)6-8(10)11/h7-8,13H,3-6H2,1-2H3,(H2,12,15). The van der Waals surface area contributed by atoms with E-state index in [1.54, 1.807) is 7.05 Å². The smallest absolute Gasteiger partial charge is 0.251 e. The van der Waals surface area contributed by atoms with Crippen molar-refractivity contribution < 1.29 is 13.6 Å². The molecule has 15 heavy (non-hydrogen) atoms. The van der Waals surface area contributed by atoms with Gasteiger partial charge in [-0.25, -0.2) is 8.78 Å². The van der Waals surface area contributed by atoms with Gasteiger partial charge in [0, 0.05) is 6.54 Å². The number of hydrogen-bond donors (Lipinski definition) is 2. The van der Waals surface area contributed by atoms with Crippen molar-refractivity contribution in [3.05, 3.63) is 0 Å². The molecule has 0 aromatic rings. The third-order valence-corrected chi connectivity index (χ3v) is 2.04. The molecule has 0 fully saturated rings. The Balaban J connectivity index is 3.83. The molecular formula is C9H19F2N3O. The van der Waals surface area contributed by atoms with Gasteiger partial charge in [0.1, 0.15) is 0 Å². The van der Waals surface area contributed by atoms with Crippen LogP contribution in [0.15, 0.2) is 0 Å². The molecule has 90 valence electrons. The Morgan fingerprint density at radius 2 is 2.13 bits per heavy atom. The fourth-order valence-corrected chi connectivity index (χ4v) is 1.27. The first-order valence-corrected chi connectivity index (χ1v) is 4.96. The molecule has 1 atom stereocenters. The Kier molecular flexibility index (Phi) is 7.15. The number of carbonyl (C=O) groups excluding carboxylic acids is 1. The van der Waals surface area contributed by atoms with E-state index in [2.05, 4.69) is 5.32 Å². The molecule has 1 amide bonds. The van der Waals surface area contributed by atoms with Crippen molar-refractivity contribution in [2.75, 3.05) is 26.7 Å². The van der Waals surface area contributed by atoms with Crippen LogP contribution in [0.4, 0.5) is 8.78 Å². The lowest BCUT2D eigenvalue weighted by molar-refractivity contribution is -0.120. The summed E-state index contributed by atoms with van der Waals surface area (Å²) in [4.78, 5) is 12.4. The van der Waals surface area contributed by atoms with Crippen LogP contribution < -0.4 is 11.1 Å². The van der Waals surface area contributed by atoms with Gasteiger partial charge in [0.2, 0.25) is 5.91 Å². The van der Waals surface area contributed by atoms with E-state index in [4.69, 9.17) is 5.73 Å². The number of nitrogens with zero attached hydrogens (tertiary/aromatic N) is 1. The molecule has 0 bridgehead atoms. The van der Waals surface area contributed by atoms with Crippen LogP contribution in [-0.2, 0) is 4.79 Å². The molecule has 0 aliphatic rings. The van der Waals surface area contributed by atoms with E-state index in [1.807, 2.05) is 6.92 Å². The highest BCUT2D eigenvalue weighted by Gasteiger charge is 2.15. The second-order valence-electron chi connectivity index (χ2n) is 3.45. The fraction of sp³-hybridized carbons (Fsp3) is 0.889. The van der Waals surface area contributed by atoms with Crippen molar-refractivity contribution >= 4 is 5.91 Å². The van der Waals surface area contributed by atoms with Gasteiger partial charge in [-0.1, -0.05) is 6.92 Å².